The highest BCUT2D eigenvalue weighted by molar-refractivity contribution is 7.99. The third kappa shape index (κ3) is 8.23. The first-order chi connectivity index (χ1) is 19.9. The van der Waals surface area contributed by atoms with Crippen LogP contribution in [0.1, 0.15) is 42.9 Å². The summed E-state index contributed by atoms with van der Waals surface area (Å²) in [4.78, 5) is 24.7. The molecule has 0 radical (unpaired) electrons. The zero-order chi connectivity index (χ0) is 29.2. The van der Waals surface area contributed by atoms with E-state index in [-0.39, 0.29) is 37.9 Å². The first-order valence-electron chi connectivity index (χ1n) is 13.5. The van der Waals surface area contributed by atoms with Crippen LogP contribution in [0.25, 0.3) is 0 Å². The van der Waals surface area contributed by atoms with Crippen molar-refractivity contribution in [1.29, 1.82) is 0 Å². The highest BCUT2D eigenvalue weighted by Crippen LogP contribution is 2.43. The molecular weight excluding hydrogens is 544 g/mol. The number of hydrogen-bond acceptors (Lipinski definition) is 8. The van der Waals surface area contributed by atoms with E-state index < -0.39 is 18.3 Å². The number of anilines is 1. The number of carbonyl (C=O) groups is 2. The second kappa shape index (κ2) is 14.9. The second-order valence-electron chi connectivity index (χ2n) is 9.52. The molecule has 1 aliphatic heterocycles. The number of carbonyl (C=O) groups excluding carboxylic acids is 2. The van der Waals surface area contributed by atoms with Gasteiger partial charge in [0.15, 0.2) is 6.29 Å². The van der Waals surface area contributed by atoms with E-state index in [9.17, 15) is 14.7 Å². The molecule has 1 saturated heterocycles. The van der Waals surface area contributed by atoms with Crippen LogP contribution in [-0.4, -0.2) is 49.2 Å². The third-order valence-electron chi connectivity index (χ3n) is 6.73. The predicted octanol–water partition coefficient (Wildman–Crippen LogP) is 5.46. The Morgan fingerprint density at radius 1 is 0.976 bits per heavy atom. The van der Waals surface area contributed by atoms with Crippen molar-refractivity contribution in [3.8, 4) is 5.75 Å². The van der Waals surface area contributed by atoms with Gasteiger partial charge in [-0.3, -0.25) is 4.79 Å². The Balaban J connectivity index is 1.49. The number of esters is 1. The van der Waals surface area contributed by atoms with Gasteiger partial charge in [0.1, 0.15) is 12.3 Å². The van der Waals surface area contributed by atoms with Crippen LogP contribution in [0.3, 0.4) is 0 Å². The molecule has 4 atom stereocenters. The molecule has 0 bridgehead atoms. The van der Waals surface area contributed by atoms with Crippen LogP contribution in [0.15, 0.2) is 77.7 Å². The van der Waals surface area contributed by atoms with E-state index in [0.29, 0.717) is 11.4 Å². The molecule has 10 heteroatoms. The Kier molecular flexibility index (Phi) is 11.0. The summed E-state index contributed by atoms with van der Waals surface area (Å²) in [5.74, 6) is 1.04. The van der Waals surface area contributed by atoms with Crippen molar-refractivity contribution in [2.45, 2.75) is 43.8 Å². The summed E-state index contributed by atoms with van der Waals surface area (Å²) in [6.07, 6.45) is -1.02. The molecule has 0 spiro atoms. The standard InChI is InChI=1S/C31H36N2O7S/c1-4-38-28(35)17-32-31(36)33-24-15-13-23(14-16-24)30-39-26(19-41-27-8-6-5-7-25(27)37-3)20(2)29(40-30)22-11-9-21(18-34)10-12-22/h5-16,20,26,29-30,34H,4,17-19H2,1-3H3,(H2,32,33,36)/t20-,26+,29+,30+/m0/s1. The number of thioether (sulfide) groups is 1. The number of amides is 2. The van der Waals surface area contributed by atoms with E-state index in [1.165, 1.54) is 0 Å². The Morgan fingerprint density at radius 3 is 2.37 bits per heavy atom. The number of urea groups is 1. The average molecular weight is 581 g/mol. The minimum atomic E-state index is -0.635. The lowest BCUT2D eigenvalue weighted by atomic mass is 9.91. The van der Waals surface area contributed by atoms with Crippen LogP contribution in [-0.2, 0) is 25.6 Å². The van der Waals surface area contributed by atoms with Crippen LogP contribution in [0.2, 0.25) is 0 Å². The van der Waals surface area contributed by atoms with Gasteiger partial charge in [-0.15, -0.1) is 11.8 Å². The lowest BCUT2D eigenvalue weighted by molar-refractivity contribution is -0.268. The van der Waals surface area contributed by atoms with Crippen LogP contribution < -0.4 is 15.4 Å². The Labute approximate surface area is 244 Å². The molecule has 0 aliphatic carbocycles. The van der Waals surface area contributed by atoms with E-state index in [4.69, 9.17) is 18.9 Å². The molecule has 41 heavy (non-hydrogen) atoms. The highest BCUT2D eigenvalue weighted by atomic mass is 32.2. The summed E-state index contributed by atoms with van der Waals surface area (Å²) in [6, 6.07) is 22.4. The predicted molar refractivity (Wildman–Crippen MR) is 157 cm³/mol. The topological polar surface area (TPSA) is 115 Å². The fraction of sp³-hybridized carbons (Fsp3) is 0.355. The summed E-state index contributed by atoms with van der Waals surface area (Å²) < 4.78 is 23.4. The van der Waals surface area contributed by atoms with Gasteiger partial charge in [0.25, 0.3) is 0 Å². The first kappa shape index (κ1) is 30.4. The molecular formula is C31H36N2O7S. The monoisotopic (exact) mass is 580 g/mol. The lowest BCUT2D eigenvalue weighted by Crippen LogP contribution is -2.38. The van der Waals surface area contributed by atoms with Gasteiger partial charge in [-0.1, -0.05) is 55.5 Å². The number of methoxy groups -OCH3 is 1. The summed E-state index contributed by atoms with van der Waals surface area (Å²) >= 11 is 1.68. The summed E-state index contributed by atoms with van der Waals surface area (Å²) in [5.41, 5.74) is 3.20. The van der Waals surface area contributed by atoms with Gasteiger partial charge in [0.05, 0.1) is 32.5 Å². The number of benzene rings is 3. The number of hydrogen-bond donors (Lipinski definition) is 3. The molecule has 1 heterocycles. The molecule has 0 aromatic heterocycles. The summed E-state index contributed by atoms with van der Waals surface area (Å²) in [6.45, 7) is 3.84. The van der Waals surface area contributed by atoms with E-state index in [0.717, 1.165) is 27.3 Å². The normalized spacial score (nSPS) is 20.2. The minimum absolute atomic E-state index is 0.0213. The molecule has 9 nitrogen and oxygen atoms in total. The van der Waals surface area contributed by atoms with Gasteiger partial charge in [0.2, 0.25) is 0 Å². The molecule has 0 unspecified atom stereocenters. The fourth-order valence-corrected chi connectivity index (χ4v) is 5.68. The maximum atomic E-state index is 12.2. The largest absolute Gasteiger partial charge is 0.496 e. The summed E-state index contributed by atoms with van der Waals surface area (Å²) in [5, 5.41) is 14.7. The molecule has 218 valence electrons. The quantitative estimate of drug-likeness (QED) is 0.202. The van der Waals surface area contributed by atoms with Crippen molar-refractivity contribution in [2.75, 3.05) is 31.3 Å². The number of para-hydroxylation sites is 1. The van der Waals surface area contributed by atoms with Crippen molar-refractivity contribution in [2.24, 2.45) is 5.92 Å². The molecule has 3 aromatic carbocycles. The molecule has 2 amide bonds. The lowest BCUT2D eigenvalue weighted by Gasteiger charge is -2.41. The van der Waals surface area contributed by atoms with Gasteiger partial charge in [-0.05, 0) is 42.3 Å². The van der Waals surface area contributed by atoms with Gasteiger partial charge < -0.3 is 34.7 Å². The van der Waals surface area contributed by atoms with Crippen molar-refractivity contribution in [1.82, 2.24) is 5.32 Å². The molecule has 1 aliphatic rings. The van der Waals surface area contributed by atoms with Crippen LogP contribution in [0, 0.1) is 5.92 Å². The highest BCUT2D eigenvalue weighted by Gasteiger charge is 2.38. The second-order valence-corrected chi connectivity index (χ2v) is 10.6. The van der Waals surface area contributed by atoms with Crippen molar-refractivity contribution >= 4 is 29.4 Å². The first-order valence-corrected chi connectivity index (χ1v) is 14.5. The number of aliphatic hydroxyl groups is 1. The van der Waals surface area contributed by atoms with E-state index in [1.54, 1.807) is 37.9 Å². The molecule has 3 N–H and O–H groups in total. The van der Waals surface area contributed by atoms with Crippen LogP contribution in [0.4, 0.5) is 10.5 Å². The smallest absolute Gasteiger partial charge is 0.325 e. The average Bonchev–Trinajstić information content (AvgIpc) is 3.00. The third-order valence-corrected chi connectivity index (χ3v) is 7.88. The maximum Gasteiger partial charge on any atom is 0.325 e. The maximum absolute atomic E-state index is 12.2. The Morgan fingerprint density at radius 2 is 1.68 bits per heavy atom. The molecule has 1 fully saturated rings. The van der Waals surface area contributed by atoms with E-state index >= 15 is 0 Å². The number of aliphatic hydroxyl groups excluding tert-OH is 1. The van der Waals surface area contributed by atoms with Crippen LogP contribution in [0.5, 0.6) is 5.75 Å². The zero-order valence-corrected chi connectivity index (χ0v) is 24.2. The van der Waals surface area contributed by atoms with Gasteiger partial charge in [-0.2, -0.15) is 0 Å². The number of nitrogens with one attached hydrogen (secondary N) is 2. The molecule has 4 rings (SSSR count). The fourth-order valence-electron chi connectivity index (χ4n) is 4.48. The van der Waals surface area contributed by atoms with E-state index in [1.807, 2.05) is 60.7 Å². The van der Waals surface area contributed by atoms with E-state index in [2.05, 4.69) is 17.6 Å². The zero-order valence-electron chi connectivity index (χ0n) is 23.4. The Bertz CT molecular complexity index is 1290. The summed E-state index contributed by atoms with van der Waals surface area (Å²) in [7, 11) is 1.66. The van der Waals surface area contributed by atoms with Crippen molar-refractivity contribution in [3.63, 3.8) is 0 Å². The van der Waals surface area contributed by atoms with Crippen molar-refractivity contribution < 1.29 is 33.6 Å². The number of ether oxygens (including phenoxy) is 4. The van der Waals surface area contributed by atoms with Crippen molar-refractivity contribution in [3.05, 3.63) is 89.5 Å². The SMILES string of the molecule is CCOC(=O)CNC(=O)Nc1ccc([C@@H]2O[C@H](CSc3ccccc3OC)[C@H](C)[C@H](c3ccc(CO)cc3)O2)cc1. The van der Waals surface area contributed by atoms with Gasteiger partial charge in [0, 0.05) is 27.8 Å². The number of rotatable bonds is 11. The molecule has 0 saturated carbocycles. The van der Waals surface area contributed by atoms with Gasteiger partial charge in [-0.25, -0.2) is 4.79 Å². The molecule has 3 aromatic rings. The van der Waals surface area contributed by atoms with Gasteiger partial charge >= 0.3 is 12.0 Å². The minimum Gasteiger partial charge on any atom is -0.496 e. The van der Waals surface area contributed by atoms with Crippen LogP contribution >= 0.6 is 11.8 Å². The Hall–Kier alpha value is -3.57.